The number of nitrogens with one attached hydrogen (secondary N) is 1. The third kappa shape index (κ3) is 3.43. The van der Waals surface area contributed by atoms with Crippen molar-refractivity contribution in [3.8, 4) is 5.88 Å². The number of aromatic nitrogens is 1. The summed E-state index contributed by atoms with van der Waals surface area (Å²) in [5, 5.41) is 2.90. The molecule has 1 saturated heterocycles. The molecule has 18 heavy (non-hydrogen) atoms. The van der Waals surface area contributed by atoms with E-state index in [1.54, 1.807) is 18.3 Å². The third-order valence-electron chi connectivity index (χ3n) is 3.07. The minimum Gasteiger partial charge on any atom is -0.481 e. The van der Waals surface area contributed by atoms with Gasteiger partial charge in [-0.25, -0.2) is 4.98 Å². The zero-order valence-electron chi connectivity index (χ0n) is 10.5. The molecule has 0 bridgehead atoms. The van der Waals surface area contributed by atoms with Crippen LogP contribution >= 0.6 is 0 Å². The second-order valence-electron chi connectivity index (χ2n) is 4.36. The summed E-state index contributed by atoms with van der Waals surface area (Å²) in [4.78, 5) is 15.8. The average Bonchev–Trinajstić information content (AvgIpc) is 2.92. The van der Waals surface area contributed by atoms with E-state index < -0.39 is 0 Å². The first-order valence-corrected chi connectivity index (χ1v) is 6.15. The standard InChI is InChI=1S/C13H18N2O3/c1-17-12-8-11(3-6-14-12)13(16)15-5-2-10-4-7-18-9-10/h3,6,8,10H,2,4-5,7,9H2,1H3,(H,15,16). The lowest BCUT2D eigenvalue weighted by atomic mass is 10.1. The summed E-state index contributed by atoms with van der Waals surface area (Å²) in [7, 11) is 1.53. The lowest BCUT2D eigenvalue weighted by Crippen LogP contribution is -2.26. The van der Waals surface area contributed by atoms with Crippen LogP contribution in [-0.2, 0) is 4.74 Å². The lowest BCUT2D eigenvalue weighted by Gasteiger charge is -2.09. The van der Waals surface area contributed by atoms with Gasteiger partial charge in [0.15, 0.2) is 0 Å². The highest BCUT2D eigenvalue weighted by atomic mass is 16.5. The number of nitrogens with zero attached hydrogens (tertiary/aromatic N) is 1. The zero-order valence-corrected chi connectivity index (χ0v) is 10.5. The van der Waals surface area contributed by atoms with Gasteiger partial charge < -0.3 is 14.8 Å². The SMILES string of the molecule is COc1cc(C(=O)NCCC2CCOC2)ccn1. The summed E-state index contributed by atoms with van der Waals surface area (Å²) < 4.78 is 10.3. The molecule has 1 aliphatic rings. The van der Waals surface area contributed by atoms with Gasteiger partial charge in [-0.05, 0) is 24.8 Å². The van der Waals surface area contributed by atoms with E-state index in [1.165, 1.54) is 7.11 Å². The topological polar surface area (TPSA) is 60.5 Å². The molecule has 0 radical (unpaired) electrons. The van der Waals surface area contributed by atoms with E-state index in [4.69, 9.17) is 9.47 Å². The first kappa shape index (κ1) is 12.8. The van der Waals surface area contributed by atoms with E-state index in [-0.39, 0.29) is 5.91 Å². The maximum Gasteiger partial charge on any atom is 0.251 e. The Labute approximate surface area is 107 Å². The van der Waals surface area contributed by atoms with Crippen LogP contribution in [0.15, 0.2) is 18.3 Å². The van der Waals surface area contributed by atoms with Crippen LogP contribution in [0.2, 0.25) is 0 Å². The van der Waals surface area contributed by atoms with Gasteiger partial charge in [-0.1, -0.05) is 0 Å². The number of methoxy groups -OCH3 is 1. The Bertz CT molecular complexity index is 403. The van der Waals surface area contributed by atoms with E-state index >= 15 is 0 Å². The number of carbonyl (C=O) groups is 1. The van der Waals surface area contributed by atoms with Crippen molar-refractivity contribution < 1.29 is 14.3 Å². The van der Waals surface area contributed by atoms with Crippen LogP contribution in [-0.4, -0.2) is 37.8 Å². The van der Waals surface area contributed by atoms with Gasteiger partial charge in [0, 0.05) is 37.6 Å². The van der Waals surface area contributed by atoms with Gasteiger partial charge >= 0.3 is 0 Å². The number of pyridine rings is 1. The fourth-order valence-corrected chi connectivity index (χ4v) is 1.97. The molecule has 0 spiro atoms. The van der Waals surface area contributed by atoms with Crippen LogP contribution < -0.4 is 10.1 Å². The van der Waals surface area contributed by atoms with Crippen molar-refractivity contribution in [1.82, 2.24) is 10.3 Å². The lowest BCUT2D eigenvalue weighted by molar-refractivity contribution is 0.0950. The first-order valence-electron chi connectivity index (χ1n) is 6.15. The predicted molar refractivity (Wildman–Crippen MR) is 66.7 cm³/mol. The molecule has 5 heteroatoms. The molecule has 98 valence electrons. The van der Waals surface area contributed by atoms with E-state index in [0.717, 1.165) is 26.1 Å². The summed E-state index contributed by atoms with van der Waals surface area (Å²) in [6, 6.07) is 3.31. The van der Waals surface area contributed by atoms with E-state index in [1.807, 2.05) is 0 Å². The van der Waals surface area contributed by atoms with Gasteiger partial charge in [-0.2, -0.15) is 0 Å². The normalized spacial score (nSPS) is 18.6. The van der Waals surface area contributed by atoms with Gasteiger partial charge in [-0.15, -0.1) is 0 Å². The largest absolute Gasteiger partial charge is 0.481 e. The number of carbonyl (C=O) groups excluding carboxylic acids is 1. The van der Waals surface area contributed by atoms with E-state index in [0.29, 0.717) is 23.9 Å². The molecule has 5 nitrogen and oxygen atoms in total. The quantitative estimate of drug-likeness (QED) is 0.854. The average molecular weight is 250 g/mol. The Kier molecular flexibility index (Phi) is 4.52. The van der Waals surface area contributed by atoms with Crippen LogP contribution in [0.25, 0.3) is 0 Å². The van der Waals surface area contributed by atoms with Crippen LogP contribution in [0.3, 0.4) is 0 Å². The van der Waals surface area contributed by atoms with Gasteiger partial charge in [0.25, 0.3) is 5.91 Å². The monoisotopic (exact) mass is 250 g/mol. The van der Waals surface area contributed by atoms with Crippen LogP contribution in [0.5, 0.6) is 5.88 Å². The molecule has 1 N–H and O–H groups in total. The van der Waals surface area contributed by atoms with Crippen molar-refractivity contribution in [1.29, 1.82) is 0 Å². The van der Waals surface area contributed by atoms with Crippen molar-refractivity contribution in [2.24, 2.45) is 5.92 Å². The smallest absolute Gasteiger partial charge is 0.251 e. The molecule has 1 aliphatic heterocycles. The highest BCUT2D eigenvalue weighted by Gasteiger charge is 2.15. The Hall–Kier alpha value is -1.62. The summed E-state index contributed by atoms with van der Waals surface area (Å²) in [5.74, 6) is 0.943. The second-order valence-corrected chi connectivity index (χ2v) is 4.36. The molecular formula is C13H18N2O3. The van der Waals surface area contributed by atoms with Crippen molar-refractivity contribution in [2.45, 2.75) is 12.8 Å². The number of hydrogen-bond acceptors (Lipinski definition) is 4. The molecule has 0 aromatic carbocycles. The van der Waals surface area contributed by atoms with Crippen molar-refractivity contribution in [3.05, 3.63) is 23.9 Å². The summed E-state index contributed by atoms with van der Waals surface area (Å²) in [6.07, 6.45) is 3.63. The Morgan fingerprint density at radius 1 is 1.67 bits per heavy atom. The van der Waals surface area contributed by atoms with Crippen molar-refractivity contribution in [2.75, 3.05) is 26.9 Å². The van der Waals surface area contributed by atoms with Gasteiger partial charge in [0.05, 0.1) is 7.11 Å². The summed E-state index contributed by atoms with van der Waals surface area (Å²) >= 11 is 0. The Balaban J connectivity index is 1.79. The predicted octanol–water partition coefficient (Wildman–Crippen LogP) is 1.25. The van der Waals surface area contributed by atoms with Gasteiger partial charge in [0.2, 0.25) is 5.88 Å². The molecule has 1 atom stereocenters. The Morgan fingerprint density at radius 3 is 3.28 bits per heavy atom. The molecule has 1 aromatic heterocycles. The molecule has 1 unspecified atom stereocenters. The third-order valence-corrected chi connectivity index (χ3v) is 3.07. The van der Waals surface area contributed by atoms with Crippen LogP contribution in [0, 0.1) is 5.92 Å². The molecule has 2 heterocycles. The fourth-order valence-electron chi connectivity index (χ4n) is 1.97. The molecule has 2 rings (SSSR count). The Morgan fingerprint density at radius 2 is 2.56 bits per heavy atom. The number of rotatable bonds is 5. The van der Waals surface area contributed by atoms with Crippen molar-refractivity contribution in [3.63, 3.8) is 0 Å². The van der Waals surface area contributed by atoms with Crippen LogP contribution in [0.4, 0.5) is 0 Å². The second kappa shape index (κ2) is 6.35. The maximum atomic E-state index is 11.9. The van der Waals surface area contributed by atoms with Gasteiger partial charge in [-0.3, -0.25) is 4.79 Å². The highest BCUT2D eigenvalue weighted by molar-refractivity contribution is 5.94. The maximum absolute atomic E-state index is 11.9. The highest BCUT2D eigenvalue weighted by Crippen LogP contribution is 2.15. The number of amides is 1. The molecular weight excluding hydrogens is 232 g/mol. The number of hydrogen-bond donors (Lipinski definition) is 1. The summed E-state index contributed by atoms with van der Waals surface area (Å²) in [6.45, 7) is 2.34. The minimum absolute atomic E-state index is 0.0883. The molecule has 1 amide bonds. The van der Waals surface area contributed by atoms with Crippen molar-refractivity contribution >= 4 is 5.91 Å². The van der Waals surface area contributed by atoms with E-state index in [2.05, 4.69) is 10.3 Å². The van der Waals surface area contributed by atoms with E-state index in [9.17, 15) is 4.79 Å². The van der Waals surface area contributed by atoms with Gasteiger partial charge in [0.1, 0.15) is 0 Å². The number of ether oxygens (including phenoxy) is 2. The fraction of sp³-hybridized carbons (Fsp3) is 0.538. The molecule has 0 aliphatic carbocycles. The van der Waals surface area contributed by atoms with Crippen LogP contribution in [0.1, 0.15) is 23.2 Å². The first-order chi connectivity index (χ1) is 8.79. The molecule has 1 fully saturated rings. The summed E-state index contributed by atoms with van der Waals surface area (Å²) in [5.41, 5.74) is 0.574. The molecule has 0 saturated carbocycles. The minimum atomic E-state index is -0.0883. The molecule has 1 aromatic rings. The zero-order chi connectivity index (χ0) is 12.8.